The topological polar surface area (TPSA) is 157 Å². The Balaban J connectivity index is 1.42. The third-order valence-electron chi connectivity index (χ3n) is 9.60. The van der Waals surface area contributed by atoms with E-state index < -0.39 is 78.3 Å². The Morgan fingerprint density at radius 1 is 1.09 bits per heavy atom. The second-order valence-electron chi connectivity index (χ2n) is 13.9. The number of alkyl halides is 7. The summed E-state index contributed by atoms with van der Waals surface area (Å²) in [6, 6.07) is 12.0. The number of aliphatic imine (C=N–C) groups is 1. The van der Waals surface area contributed by atoms with Gasteiger partial charge in [0.15, 0.2) is 17.3 Å². The lowest BCUT2D eigenvalue weighted by molar-refractivity contribution is -0.195. The lowest BCUT2D eigenvalue weighted by Gasteiger charge is -2.34. The zero-order valence-electron chi connectivity index (χ0n) is 28.9. The predicted molar refractivity (Wildman–Crippen MR) is 180 cm³/mol. The summed E-state index contributed by atoms with van der Waals surface area (Å²) in [7, 11) is 0. The van der Waals surface area contributed by atoms with Crippen LogP contribution in [0.2, 0.25) is 5.02 Å². The first-order chi connectivity index (χ1) is 25.8. The van der Waals surface area contributed by atoms with Gasteiger partial charge in [-0.05, 0) is 56.0 Å². The second kappa shape index (κ2) is 14.3. The molecule has 2 atom stereocenters. The van der Waals surface area contributed by atoms with Crippen molar-refractivity contribution >= 4 is 29.4 Å². The summed E-state index contributed by atoms with van der Waals surface area (Å²) in [5.74, 6) is -3.25. The van der Waals surface area contributed by atoms with Crippen molar-refractivity contribution in [3.63, 3.8) is 0 Å². The molecule has 0 spiro atoms. The van der Waals surface area contributed by atoms with Gasteiger partial charge in [-0.3, -0.25) is 14.5 Å². The molecule has 1 fully saturated rings. The SMILES string of the molecule is CC(C)(C#N)C[C@]1(c2ccc(-c3ccn(C(F)F)n3)cc2)N=C(N)N([C@H](COC(=O)CC2(C(F)(F)F)CC2)c2ccc(Cl)c(-n3ncnc3C(F)F)c2)C1=O. The zero-order valence-corrected chi connectivity index (χ0v) is 29.7. The Hall–Kier alpha value is -5.51. The number of hydrogen-bond acceptors (Lipinski definition) is 9. The zero-order chi connectivity index (χ0) is 40.1. The van der Waals surface area contributed by atoms with Gasteiger partial charge in [-0.1, -0.05) is 41.9 Å². The number of amides is 1. The third-order valence-corrected chi connectivity index (χ3v) is 9.92. The molecular weight excluding hydrogens is 763 g/mol. The summed E-state index contributed by atoms with van der Waals surface area (Å²) in [6.07, 6.45) is -7.56. The fourth-order valence-electron chi connectivity index (χ4n) is 6.52. The molecule has 0 bridgehead atoms. The van der Waals surface area contributed by atoms with Crippen LogP contribution in [0.1, 0.15) is 75.5 Å². The number of nitrogens with zero attached hydrogens (tertiary/aromatic N) is 8. The molecule has 2 N–H and O–H groups in total. The summed E-state index contributed by atoms with van der Waals surface area (Å²) in [4.78, 5) is 37.0. The van der Waals surface area contributed by atoms with E-state index in [0.29, 0.717) is 10.2 Å². The van der Waals surface area contributed by atoms with E-state index in [2.05, 4.69) is 26.2 Å². The highest BCUT2D eigenvalue weighted by atomic mass is 35.5. The molecule has 20 heteroatoms. The smallest absolute Gasteiger partial charge is 0.395 e. The van der Waals surface area contributed by atoms with Gasteiger partial charge in [-0.25, -0.2) is 28.1 Å². The standard InChI is InChI=1S/C35H31ClF7N9O3/c1-32(2,17-44)16-34(21-6-3-19(4-7-21)23-9-12-50(49-23)30(39)40)29(54)51(31(45)48-34)25(15-55-26(53)14-33(10-11-33)35(41,42)43)20-5-8-22(36)24(13-20)52-28(27(37)38)46-18-47-52/h3-9,12-13,18,25,27,30H,10-11,14-16H2,1-2H3,(H2,45,48)/t25-,34-/m1/s1. The van der Waals surface area contributed by atoms with Crippen molar-refractivity contribution < 1.29 is 45.1 Å². The van der Waals surface area contributed by atoms with Crippen LogP contribution in [-0.4, -0.2) is 60.1 Å². The molecule has 0 unspecified atom stereocenters. The van der Waals surface area contributed by atoms with Crippen LogP contribution in [0.3, 0.4) is 0 Å². The number of nitriles is 1. The fourth-order valence-corrected chi connectivity index (χ4v) is 6.72. The minimum atomic E-state index is -4.66. The molecule has 2 aromatic heterocycles. The van der Waals surface area contributed by atoms with E-state index in [9.17, 15) is 45.6 Å². The van der Waals surface area contributed by atoms with Gasteiger partial charge < -0.3 is 10.5 Å². The molecule has 290 valence electrons. The number of hydrogen-bond donors (Lipinski definition) is 1. The van der Waals surface area contributed by atoms with Crippen molar-refractivity contribution in [2.45, 2.75) is 70.3 Å². The minimum absolute atomic E-state index is 0.0756. The lowest BCUT2D eigenvalue weighted by atomic mass is 9.75. The van der Waals surface area contributed by atoms with E-state index in [-0.39, 0.29) is 46.8 Å². The molecule has 4 aromatic rings. The van der Waals surface area contributed by atoms with E-state index in [1.807, 2.05) is 0 Å². The molecule has 12 nitrogen and oxygen atoms in total. The van der Waals surface area contributed by atoms with E-state index in [0.717, 1.165) is 22.1 Å². The Kier molecular flexibility index (Phi) is 10.2. The molecule has 3 heterocycles. The number of carbonyl (C=O) groups is 2. The average molecular weight is 794 g/mol. The summed E-state index contributed by atoms with van der Waals surface area (Å²) in [6.45, 7) is -0.535. The number of carbonyl (C=O) groups excluding carboxylic acids is 2. The van der Waals surface area contributed by atoms with Crippen molar-refractivity contribution in [2.75, 3.05) is 6.61 Å². The van der Waals surface area contributed by atoms with Crippen LogP contribution in [0, 0.1) is 22.2 Å². The number of benzene rings is 2. The Morgan fingerprint density at radius 3 is 2.36 bits per heavy atom. The Labute approximate surface area is 313 Å². The monoisotopic (exact) mass is 793 g/mol. The Bertz CT molecular complexity index is 2180. The first kappa shape index (κ1) is 39.2. The molecule has 1 aliphatic heterocycles. The van der Waals surface area contributed by atoms with Gasteiger partial charge in [-0.2, -0.15) is 37.4 Å². The normalized spacial score (nSPS) is 18.8. The number of halogens is 8. The van der Waals surface area contributed by atoms with E-state index >= 15 is 0 Å². The molecule has 1 saturated carbocycles. The first-order valence-corrected chi connectivity index (χ1v) is 16.9. The van der Waals surface area contributed by atoms with Gasteiger partial charge in [0.1, 0.15) is 12.9 Å². The summed E-state index contributed by atoms with van der Waals surface area (Å²) < 4.78 is 102. The van der Waals surface area contributed by atoms with E-state index in [1.54, 1.807) is 13.8 Å². The number of esters is 1. The van der Waals surface area contributed by atoms with Gasteiger partial charge in [0.05, 0.1) is 45.8 Å². The molecule has 1 aliphatic carbocycles. The molecule has 2 aliphatic rings. The largest absolute Gasteiger partial charge is 0.463 e. The molecule has 0 radical (unpaired) electrons. The number of ether oxygens (including phenoxy) is 1. The van der Waals surface area contributed by atoms with Gasteiger partial charge in [-0.15, -0.1) is 0 Å². The predicted octanol–water partition coefficient (Wildman–Crippen LogP) is 7.43. The van der Waals surface area contributed by atoms with Crippen LogP contribution >= 0.6 is 11.6 Å². The maximum absolute atomic E-state index is 14.9. The average Bonchev–Trinajstić information content (AvgIpc) is 3.43. The summed E-state index contributed by atoms with van der Waals surface area (Å²) in [5.41, 5.74) is 1.88. The van der Waals surface area contributed by atoms with Gasteiger partial charge >= 0.3 is 18.7 Å². The molecule has 6 rings (SSSR count). The highest BCUT2D eigenvalue weighted by Gasteiger charge is 2.64. The number of nitrogens with two attached hydrogens (primary N) is 1. The second-order valence-corrected chi connectivity index (χ2v) is 14.3. The van der Waals surface area contributed by atoms with Crippen molar-refractivity contribution in [3.8, 4) is 23.0 Å². The van der Waals surface area contributed by atoms with E-state index in [1.165, 1.54) is 48.5 Å². The molecule has 2 aromatic carbocycles. The maximum atomic E-state index is 14.9. The van der Waals surface area contributed by atoms with Crippen LogP contribution in [0.15, 0.2) is 66.0 Å². The van der Waals surface area contributed by atoms with Crippen molar-refractivity contribution in [3.05, 3.63) is 83.0 Å². The highest BCUT2D eigenvalue weighted by molar-refractivity contribution is 6.32. The van der Waals surface area contributed by atoms with Crippen LogP contribution in [0.25, 0.3) is 16.9 Å². The van der Waals surface area contributed by atoms with E-state index in [4.69, 9.17) is 22.1 Å². The number of guanidine groups is 1. The van der Waals surface area contributed by atoms with Crippen molar-refractivity contribution in [1.29, 1.82) is 5.26 Å². The fraction of sp³-hybridized carbons (Fsp3) is 0.400. The van der Waals surface area contributed by atoms with Crippen LogP contribution < -0.4 is 5.73 Å². The first-order valence-electron chi connectivity index (χ1n) is 16.6. The third kappa shape index (κ3) is 7.46. The van der Waals surface area contributed by atoms with Gasteiger partial charge in [0.25, 0.3) is 12.3 Å². The van der Waals surface area contributed by atoms with Gasteiger partial charge in [0.2, 0.25) is 0 Å². The molecule has 55 heavy (non-hydrogen) atoms. The Morgan fingerprint density at radius 2 is 1.78 bits per heavy atom. The summed E-state index contributed by atoms with van der Waals surface area (Å²) in [5, 5.41) is 17.6. The van der Waals surface area contributed by atoms with Crippen LogP contribution in [0.4, 0.5) is 30.7 Å². The lowest BCUT2D eigenvalue weighted by Crippen LogP contribution is -2.47. The maximum Gasteiger partial charge on any atom is 0.395 e. The molecule has 0 saturated heterocycles. The summed E-state index contributed by atoms with van der Waals surface area (Å²) >= 11 is 6.40. The molecular formula is C35H31ClF7N9O3. The van der Waals surface area contributed by atoms with Crippen molar-refractivity contribution in [2.24, 2.45) is 21.6 Å². The number of rotatable bonds is 13. The highest BCUT2D eigenvalue weighted by Crippen LogP contribution is 2.60. The van der Waals surface area contributed by atoms with Crippen molar-refractivity contribution in [1.82, 2.24) is 29.4 Å². The quantitative estimate of drug-likeness (QED) is 0.108. The van der Waals surface area contributed by atoms with Crippen LogP contribution in [-0.2, 0) is 19.9 Å². The number of aromatic nitrogens is 5. The van der Waals surface area contributed by atoms with Crippen LogP contribution in [0.5, 0.6) is 0 Å². The molecule has 1 amide bonds. The van der Waals surface area contributed by atoms with Gasteiger partial charge in [0, 0.05) is 18.2 Å². The minimum Gasteiger partial charge on any atom is -0.463 e.